The van der Waals surface area contributed by atoms with Crippen molar-refractivity contribution in [3.05, 3.63) is 107 Å². The first-order chi connectivity index (χ1) is 13.2. The quantitative estimate of drug-likeness (QED) is 0.395. The second kappa shape index (κ2) is 6.34. The van der Waals surface area contributed by atoms with Gasteiger partial charge in [-0.25, -0.2) is 8.78 Å². The van der Waals surface area contributed by atoms with E-state index in [-0.39, 0.29) is 17.7 Å². The van der Waals surface area contributed by atoms with Crippen LogP contribution in [0.2, 0.25) is 0 Å². The molecule has 1 fully saturated rings. The van der Waals surface area contributed by atoms with Crippen LogP contribution < -0.4 is 0 Å². The summed E-state index contributed by atoms with van der Waals surface area (Å²) in [5.41, 5.74) is 4.46. The van der Waals surface area contributed by atoms with Crippen molar-refractivity contribution in [3.8, 4) is 0 Å². The highest BCUT2D eigenvalue weighted by molar-refractivity contribution is 5.81. The first-order valence-electron chi connectivity index (χ1n) is 9.30. The van der Waals surface area contributed by atoms with Crippen molar-refractivity contribution in [2.75, 3.05) is 0 Å². The summed E-state index contributed by atoms with van der Waals surface area (Å²) < 4.78 is 29.1. The highest BCUT2D eigenvalue weighted by Crippen LogP contribution is 2.41. The Bertz CT molecular complexity index is 1040. The number of hydrogen-bond donors (Lipinski definition) is 0. The van der Waals surface area contributed by atoms with Gasteiger partial charge in [-0.1, -0.05) is 30.3 Å². The summed E-state index contributed by atoms with van der Waals surface area (Å²) >= 11 is 0. The molecule has 0 amide bonds. The van der Waals surface area contributed by atoms with Gasteiger partial charge in [0.25, 0.3) is 0 Å². The second-order valence-electron chi connectivity index (χ2n) is 7.32. The molecule has 27 heavy (non-hydrogen) atoms. The summed E-state index contributed by atoms with van der Waals surface area (Å²) in [4.78, 5) is 0. The van der Waals surface area contributed by atoms with Crippen LogP contribution in [0.1, 0.15) is 41.5 Å². The molecule has 134 valence electrons. The molecule has 3 aromatic carbocycles. The lowest BCUT2D eigenvalue weighted by atomic mass is 9.98. The standard InChI is InChI=1S/C24H19F2N/c25-21-8-3-17(4-9-21)24(18-5-10-22(26)11-6-18)27-14-13-20-15-19(16-1-2-16)7-12-23(20)27/h3-16,24H,1-2H2. The van der Waals surface area contributed by atoms with Crippen molar-refractivity contribution in [2.45, 2.75) is 24.8 Å². The summed E-state index contributed by atoms with van der Waals surface area (Å²) in [6.45, 7) is 0. The molecule has 0 saturated heterocycles. The van der Waals surface area contributed by atoms with Crippen LogP contribution in [0.15, 0.2) is 79.0 Å². The van der Waals surface area contributed by atoms with E-state index >= 15 is 0 Å². The SMILES string of the molecule is Fc1ccc(C(c2ccc(F)cc2)n2ccc3cc(C4CC4)ccc32)cc1. The van der Waals surface area contributed by atoms with E-state index in [0.717, 1.165) is 16.6 Å². The topological polar surface area (TPSA) is 4.93 Å². The average molecular weight is 359 g/mol. The van der Waals surface area contributed by atoms with Gasteiger partial charge in [-0.15, -0.1) is 0 Å². The molecule has 1 aromatic heterocycles. The van der Waals surface area contributed by atoms with Gasteiger partial charge >= 0.3 is 0 Å². The van der Waals surface area contributed by atoms with Gasteiger partial charge in [0, 0.05) is 11.7 Å². The van der Waals surface area contributed by atoms with E-state index < -0.39 is 0 Å². The van der Waals surface area contributed by atoms with Crippen LogP contribution in [0.5, 0.6) is 0 Å². The van der Waals surface area contributed by atoms with Crippen molar-refractivity contribution >= 4 is 10.9 Å². The van der Waals surface area contributed by atoms with Crippen LogP contribution >= 0.6 is 0 Å². The molecule has 1 saturated carbocycles. The van der Waals surface area contributed by atoms with Gasteiger partial charge in [0.2, 0.25) is 0 Å². The van der Waals surface area contributed by atoms with Crippen molar-refractivity contribution in [3.63, 3.8) is 0 Å². The van der Waals surface area contributed by atoms with Crippen LogP contribution in [0.25, 0.3) is 10.9 Å². The number of benzene rings is 3. The molecular formula is C24H19F2N. The summed E-state index contributed by atoms with van der Waals surface area (Å²) in [5.74, 6) is 0.189. The minimum atomic E-state index is -0.261. The second-order valence-corrected chi connectivity index (χ2v) is 7.32. The molecule has 0 radical (unpaired) electrons. The first kappa shape index (κ1) is 16.2. The van der Waals surface area contributed by atoms with Gasteiger partial charge in [0.05, 0.1) is 6.04 Å². The predicted molar refractivity (Wildman–Crippen MR) is 104 cm³/mol. The minimum absolute atomic E-state index is 0.143. The van der Waals surface area contributed by atoms with Crippen LogP contribution in [0.4, 0.5) is 8.78 Å². The number of aromatic nitrogens is 1. The Morgan fingerprint density at radius 1 is 0.741 bits per heavy atom. The number of halogens is 2. The van der Waals surface area contributed by atoms with Crippen molar-refractivity contribution in [1.29, 1.82) is 0 Å². The van der Waals surface area contributed by atoms with Crippen LogP contribution in [-0.4, -0.2) is 4.57 Å². The Morgan fingerprint density at radius 2 is 1.33 bits per heavy atom. The zero-order chi connectivity index (χ0) is 18.4. The van der Waals surface area contributed by atoms with Gasteiger partial charge in [0.1, 0.15) is 11.6 Å². The Balaban J connectivity index is 1.66. The van der Waals surface area contributed by atoms with Crippen LogP contribution in [0.3, 0.4) is 0 Å². The fourth-order valence-corrected chi connectivity index (χ4v) is 3.88. The summed E-state index contributed by atoms with van der Waals surface area (Å²) in [5, 5.41) is 1.20. The number of fused-ring (bicyclic) bond motifs is 1. The lowest BCUT2D eigenvalue weighted by molar-refractivity contribution is 0.621. The van der Waals surface area contributed by atoms with E-state index in [1.54, 1.807) is 24.3 Å². The van der Waals surface area contributed by atoms with E-state index in [1.807, 2.05) is 0 Å². The van der Waals surface area contributed by atoms with Gasteiger partial charge in [-0.3, -0.25) is 0 Å². The Morgan fingerprint density at radius 3 is 1.89 bits per heavy atom. The molecule has 3 heteroatoms. The Hall–Kier alpha value is -2.94. The average Bonchev–Trinajstić information content (AvgIpc) is 3.46. The van der Waals surface area contributed by atoms with Gasteiger partial charge in [-0.05, 0) is 83.3 Å². The van der Waals surface area contributed by atoms with Gasteiger partial charge < -0.3 is 4.57 Å². The van der Waals surface area contributed by atoms with E-state index in [2.05, 4.69) is 35.0 Å². The molecule has 1 nitrogen and oxygen atoms in total. The Kier molecular flexibility index (Phi) is 3.82. The highest BCUT2D eigenvalue weighted by Gasteiger charge is 2.24. The molecule has 1 heterocycles. The molecule has 0 atom stereocenters. The molecular weight excluding hydrogens is 340 g/mol. The third-order valence-electron chi connectivity index (χ3n) is 5.44. The fourth-order valence-electron chi connectivity index (χ4n) is 3.88. The van der Waals surface area contributed by atoms with Crippen molar-refractivity contribution < 1.29 is 8.78 Å². The number of rotatable bonds is 4. The van der Waals surface area contributed by atoms with Crippen LogP contribution in [0, 0.1) is 11.6 Å². The monoisotopic (exact) mass is 359 g/mol. The zero-order valence-electron chi connectivity index (χ0n) is 14.8. The summed E-state index contributed by atoms with van der Waals surface area (Å²) in [6, 6.07) is 21.7. The molecule has 0 bridgehead atoms. The van der Waals surface area contributed by atoms with E-state index in [1.165, 1.54) is 48.1 Å². The van der Waals surface area contributed by atoms with Gasteiger partial charge in [-0.2, -0.15) is 0 Å². The summed E-state index contributed by atoms with van der Waals surface area (Å²) in [6.07, 6.45) is 4.62. The maximum absolute atomic E-state index is 13.5. The number of nitrogens with zero attached hydrogens (tertiary/aromatic N) is 1. The lowest BCUT2D eigenvalue weighted by Gasteiger charge is -2.22. The molecule has 0 spiro atoms. The van der Waals surface area contributed by atoms with Gasteiger partial charge in [0.15, 0.2) is 0 Å². The van der Waals surface area contributed by atoms with E-state index in [0.29, 0.717) is 5.92 Å². The molecule has 0 unspecified atom stereocenters. The largest absolute Gasteiger partial charge is 0.336 e. The molecule has 1 aliphatic carbocycles. The smallest absolute Gasteiger partial charge is 0.123 e. The zero-order valence-corrected chi connectivity index (χ0v) is 14.8. The molecule has 1 aliphatic rings. The molecule has 4 aromatic rings. The predicted octanol–water partition coefficient (Wildman–Crippen LogP) is 6.43. The molecule has 0 aliphatic heterocycles. The third-order valence-corrected chi connectivity index (χ3v) is 5.44. The Labute approximate surface area is 156 Å². The maximum atomic E-state index is 13.5. The fraction of sp³-hybridized carbons (Fsp3) is 0.167. The van der Waals surface area contributed by atoms with Crippen molar-refractivity contribution in [2.24, 2.45) is 0 Å². The van der Waals surface area contributed by atoms with E-state index in [9.17, 15) is 8.78 Å². The third kappa shape index (κ3) is 3.03. The normalized spacial score (nSPS) is 14.2. The maximum Gasteiger partial charge on any atom is 0.123 e. The summed E-state index contributed by atoms with van der Waals surface area (Å²) in [7, 11) is 0. The highest BCUT2D eigenvalue weighted by atomic mass is 19.1. The van der Waals surface area contributed by atoms with Crippen LogP contribution in [-0.2, 0) is 0 Å². The lowest BCUT2D eigenvalue weighted by Crippen LogP contribution is -2.11. The molecule has 0 N–H and O–H groups in total. The molecule has 5 rings (SSSR count). The first-order valence-corrected chi connectivity index (χ1v) is 9.30. The van der Waals surface area contributed by atoms with E-state index in [4.69, 9.17) is 0 Å². The van der Waals surface area contributed by atoms with Crippen molar-refractivity contribution in [1.82, 2.24) is 4.57 Å². The number of hydrogen-bond acceptors (Lipinski definition) is 0. The minimum Gasteiger partial charge on any atom is -0.336 e.